The van der Waals surface area contributed by atoms with E-state index in [1.807, 2.05) is 0 Å². The first-order valence-electron chi connectivity index (χ1n) is 35.9. The van der Waals surface area contributed by atoms with E-state index in [-0.39, 0.29) is 18.5 Å². The van der Waals surface area contributed by atoms with Gasteiger partial charge >= 0.3 is 5.97 Å². The number of ether oxygens (including phenoxy) is 1. The van der Waals surface area contributed by atoms with Gasteiger partial charge in [0.2, 0.25) is 5.91 Å². The van der Waals surface area contributed by atoms with Gasteiger partial charge < -0.3 is 20.3 Å². The van der Waals surface area contributed by atoms with E-state index in [9.17, 15) is 19.8 Å². The van der Waals surface area contributed by atoms with Crippen molar-refractivity contribution >= 4 is 11.9 Å². The zero-order valence-corrected chi connectivity index (χ0v) is 53.2. The smallest absolute Gasteiger partial charge is 0.305 e. The lowest BCUT2D eigenvalue weighted by atomic mass is 10.0. The van der Waals surface area contributed by atoms with Crippen molar-refractivity contribution in [2.24, 2.45) is 0 Å². The standard InChI is InChI=1S/C72H141NO5/c1-3-5-7-9-11-13-15-17-19-20-35-38-42-46-50-54-58-62-66-72(77)78-67-63-59-55-51-47-43-39-36-33-31-29-27-25-23-21-22-24-26-28-30-32-34-37-41-45-49-53-57-61-65-71(76)73-69(68-74)70(75)64-60-56-52-48-44-40-18-16-14-12-10-8-6-4-2/h21,23,69-70,74-75H,3-20,22,24-68H2,1-2H3,(H,73,76)/b23-21-. The molecule has 6 heteroatoms. The first kappa shape index (κ1) is 76.6. The van der Waals surface area contributed by atoms with Crippen molar-refractivity contribution in [3.8, 4) is 0 Å². The normalized spacial score (nSPS) is 12.5. The van der Waals surface area contributed by atoms with Crippen LogP contribution < -0.4 is 5.32 Å². The van der Waals surface area contributed by atoms with Gasteiger partial charge in [0.1, 0.15) is 0 Å². The molecular weight excluding hydrogens is 959 g/mol. The third-order valence-electron chi connectivity index (χ3n) is 17.1. The third-order valence-corrected chi connectivity index (χ3v) is 17.1. The van der Waals surface area contributed by atoms with Gasteiger partial charge in [0.25, 0.3) is 0 Å². The number of carbonyl (C=O) groups excluding carboxylic acids is 2. The van der Waals surface area contributed by atoms with E-state index in [4.69, 9.17) is 4.74 Å². The molecule has 464 valence electrons. The maximum atomic E-state index is 12.5. The lowest BCUT2D eigenvalue weighted by Gasteiger charge is -2.22. The number of hydrogen-bond donors (Lipinski definition) is 3. The van der Waals surface area contributed by atoms with Gasteiger partial charge in [0.05, 0.1) is 25.4 Å². The Bertz CT molecular complexity index is 1180. The van der Waals surface area contributed by atoms with Crippen molar-refractivity contribution in [2.45, 2.75) is 424 Å². The summed E-state index contributed by atoms with van der Waals surface area (Å²) in [5, 5.41) is 23.3. The minimum Gasteiger partial charge on any atom is -0.466 e. The quantitative estimate of drug-likeness (QED) is 0.0320. The van der Waals surface area contributed by atoms with Crippen LogP contribution in [0, 0.1) is 0 Å². The van der Waals surface area contributed by atoms with Gasteiger partial charge in [-0.1, -0.05) is 360 Å². The zero-order chi connectivity index (χ0) is 56.4. The van der Waals surface area contributed by atoms with Crippen LogP contribution in [-0.2, 0) is 14.3 Å². The number of rotatable bonds is 68. The molecule has 2 unspecified atom stereocenters. The Morgan fingerprint density at radius 2 is 0.603 bits per heavy atom. The maximum Gasteiger partial charge on any atom is 0.305 e. The molecule has 0 aliphatic rings. The minimum absolute atomic E-state index is 0.0219. The van der Waals surface area contributed by atoms with Gasteiger partial charge in [-0.15, -0.1) is 0 Å². The lowest BCUT2D eigenvalue weighted by molar-refractivity contribution is -0.143. The van der Waals surface area contributed by atoms with E-state index < -0.39 is 12.1 Å². The summed E-state index contributed by atoms with van der Waals surface area (Å²) in [6.07, 6.45) is 84.1. The Labute approximate surface area is 489 Å². The number of aliphatic hydroxyl groups excluding tert-OH is 2. The van der Waals surface area contributed by atoms with Gasteiger partial charge in [-0.05, 0) is 51.4 Å². The average Bonchev–Trinajstić information content (AvgIpc) is 3.44. The number of allylic oxidation sites excluding steroid dienone is 2. The fraction of sp³-hybridized carbons (Fsp3) is 0.944. The Morgan fingerprint density at radius 1 is 0.346 bits per heavy atom. The summed E-state index contributed by atoms with van der Waals surface area (Å²) >= 11 is 0. The van der Waals surface area contributed by atoms with E-state index >= 15 is 0 Å². The van der Waals surface area contributed by atoms with Crippen LogP contribution >= 0.6 is 0 Å². The molecule has 78 heavy (non-hydrogen) atoms. The van der Waals surface area contributed by atoms with Gasteiger partial charge in [0, 0.05) is 12.8 Å². The largest absolute Gasteiger partial charge is 0.466 e. The van der Waals surface area contributed by atoms with Gasteiger partial charge in [-0.25, -0.2) is 0 Å². The Kier molecular flexibility index (Phi) is 66.9. The predicted octanol–water partition coefficient (Wildman–Crippen LogP) is 23.1. The van der Waals surface area contributed by atoms with Crippen molar-refractivity contribution in [3.63, 3.8) is 0 Å². The molecule has 0 heterocycles. The number of aliphatic hydroxyl groups is 2. The zero-order valence-electron chi connectivity index (χ0n) is 53.2. The van der Waals surface area contributed by atoms with E-state index in [1.165, 1.54) is 340 Å². The number of esters is 1. The molecule has 0 aliphatic carbocycles. The van der Waals surface area contributed by atoms with Gasteiger partial charge in [-0.2, -0.15) is 0 Å². The van der Waals surface area contributed by atoms with Crippen LogP contribution in [0.4, 0.5) is 0 Å². The molecule has 6 nitrogen and oxygen atoms in total. The number of hydrogen-bond acceptors (Lipinski definition) is 5. The number of carbonyl (C=O) groups is 2. The minimum atomic E-state index is -0.662. The molecule has 0 aliphatic heterocycles. The second-order valence-corrected chi connectivity index (χ2v) is 24.9. The number of nitrogens with one attached hydrogen (secondary N) is 1. The molecule has 0 rings (SSSR count). The van der Waals surface area contributed by atoms with Crippen LogP contribution in [-0.4, -0.2) is 47.4 Å². The molecule has 2 atom stereocenters. The van der Waals surface area contributed by atoms with Crippen LogP contribution in [0.2, 0.25) is 0 Å². The summed E-state index contributed by atoms with van der Waals surface area (Å²) in [6.45, 7) is 5.00. The van der Waals surface area contributed by atoms with Gasteiger partial charge in [0.15, 0.2) is 0 Å². The highest BCUT2D eigenvalue weighted by molar-refractivity contribution is 5.76. The topological polar surface area (TPSA) is 95.9 Å². The summed E-state index contributed by atoms with van der Waals surface area (Å²) in [4.78, 5) is 24.6. The number of amides is 1. The molecule has 0 aromatic carbocycles. The molecule has 0 aromatic rings. The van der Waals surface area contributed by atoms with Crippen molar-refractivity contribution in [2.75, 3.05) is 13.2 Å². The highest BCUT2D eigenvalue weighted by Crippen LogP contribution is 2.19. The van der Waals surface area contributed by atoms with E-state index in [1.54, 1.807) is 0 Å². The summed E-state index contributed by atoms with van der Waals surface area (Å²) < 4.78 is 5.51. The number of unbranched alkanes of at least 4 members (excludes halogenated alkanes) is 55. The molecule has 0 spiro atoms. The summed E-state index contributed by atoms with van der Waals surface area (Å²) in [5.74, 6) is -0.00930. The lowest BCUT2D eigenvalue weighted by Crippen LogP contribution is -2.45. The van der Waals surface area contributed by atoms with Crippen LogP contribution in [0.25, 0.3) is 0 Å². The third kappa shape index (κ3) is 63.8. The molecule has 0 aromatic heterocycles. The molecule has 0 saturated carbocycles. The fourth-order valence-electron chi connectivity index (χ4n) is 11.6. The summed E-state index contributed by atoms with van der Waals surface area (Å²) in [5.41, 5.74) is 0. The summed E-state index contributed by atoms with van der Waals surface area (Å²) in [7, 11) is 0. The van der Waals surface area contributed by atoms with Crippen LogP contribution in [0.1, 0.15) is 412 Å². The van der Waals surface area contributed by atoms with Crippen molar-refractivity contribution in [1.82, 2.24) is 5.32 Å². The molecule has 0 saturated heterocycles. The molecular formula is C72H141NO5. The maximum absolute atomic E-state index is 12.5. The van der Waals surface area contributed by atoms with Crippen LogP contribution in [0.5, 0.6) is 0 Å². The monoisotopic (exact) mass is 1100 g/mol. The Morgan fingerprint density at radius 3 is 0.910 bits per heavy atom. The molecule has 0 bridgehead atoms. The van der Waals surface area contributed by atoms with E-state index in [0.717, 1.165) is 38.5 Å². The molecule has 0 radical (unpaired) electrons. The van der Waals surface area contributed by atoms with Crippen molar-refractivity contribution in [1.29, 1.82) is 0 Å². The van der Waals surface area contributed by atoms with Crippen molar-refractivity contribution in [3.05, 3.63) is 12.2 Å². The molecule has 1 amide bonds. The second-order valence-electron chi connectivity index (χ2n) is 24.9. The summed E-state index contributed by atoms with van der Waals surface area (Å²) in [6, 6.07) is -0.540. The second kappa shape index (κ2) is 68.1. The first-order chi connectivity index (χ1) is 38.5. The highest BCUT2D eigenvalue weighted by Gasteiger charge is 2.20. The highest BCUT2D eigenvalue weighted by atomic mass is 16.5. The van der Waals surface area contributed by atoms with Gasteiger partial charge in [-0.3, -0.25) is 9.59 Å². The Balaban J connectivity index is 3.34. The Hall–Kier alpha value is -1.40. The van der Waals surface area contributed by atoms with Crippen molar-refractivity contribution < 1.29 is 24.5 Å². The fourth-order valence-corrected chi connectivity index (χ4v) is 11.6. The van der Waals surface area contributed by atoms with E-state index in [2.05, 4.69) is 31.3 Å². The van der Waals surface area contributed by atoms with Crippen LogP contribution in [0.15, 0.2) is 12.2 Å². The average molecular weight is 1100 g/mol. The first-order valence-corrected chi connectivity index (χ1v) is 35.9. The SMILES string of the molecule is CCCCCCCCCCCCCCCCCCCCC(=O)OCCCCCCCCCCCCCC/C=C\CCCCCCCCCCCCCCCC(=O)NC(CO)C(O)CCCCCCCCCCCCCCCC. The molecule has 3 N–H and O–H groups in total. The molecule has 0 fully saturated rings. The predicted molar refractivity (Wildman–Crippen MR) is 343 cm³/mol. The van der Waals surface area contributed by atoms with E-state index in [0.29, 0.717) is 25.9 Å². The van der Waals surface area contributed by atoms with Crippen LogP contribution in [0.3, 0.4) is 0 Å².